The van der Waals surface area contributed by atoms with E-state index in [1.807, 2.05) is 38.1 Å². The Kier molecular flexibility index (Phi) is 7.90. The SMILES string of the molecule is CCOc1ccccc1NC(=O)CN(Cc1ccc(C)cc1)S(=O)(=O)c1ccc(Cl)cc1. The van der Waals surface area contributed by atoms with Gasteiger partial charge in [0, 0.05) is 11.6 Å². The first kappa shape index (κ1) is 23.8. The normalized spacial score (nSPS) is 11.4. The summed E-state index contributed by atoms with van der Waals surface area (Å²) < 4.78 is 33.4. The Labute approximate surface area is 193 Å². The van der Waals surface area contributed by atoms with Crippen molar-refractivity contribution in [3.63, 3.8) is 0 Å². The summed E-state index contributed by atoms with van der Waals surface area (Å²) in [6, 6.07) is 20.4. The van der Waals surface area contributed by atoms with Crippen LogP contribution >= 0.6 is 11.6 Å². The number of hydrogen-bond donors (Lipinski definition) is 1. The Morgan fingerprint density at radius 3 is 2.31 bits per heavy atom. The minimum absolute atomic E-state index is 0.0474. The number of benzene rings is 3. The Balaban J connectivity index is 1.87. The first-order chi connectivity index (χ1) is 15.3. The highest BCUT2D eigenvalue weighted by molar-refractivity contribution is 7.89. The number of nitrogens with zero attached hydrogens (tertiary/aromatic N) is 1. The molecule has 0 saturated carbocycles. The number of carbonyl (C=O) groups is 1. The molecule has 0 radical (unpaired) electrons. The van der Waals surface area contributed by atoms with Crippen LogP contribution in [-0.2, 0) is 21.4 Å². The number of anilines is 1. The van der Waals surface area contributed by atoms with E-state index in [0.717, 1.165) is 15.4 Å². The van der Waals surface area contributed by atoms with Gasteiger partial charge in [0.05, 0.1) is 23.7 Å². The number of sulfonamides is 1. The fourth-order valence-electron chi connectivity index (χ4n) is 3.08. The maximum atomic E-state index is 13.4. The number of amides is 1. The molecule has 0 saturated heterocycles. The monoisotopic (exact) mass is 472 g/mol. The summed E-state index contributed by atoms with van der Waals surface area (Å²) in [4.78, 5) is 12.9. The van der Waals surface area contributed by atoms with E-state index >= 15 is 0 Å². The zero-order valence-electron chi connectivity index (χ0n) is 17.9. The molecule has 0 spiro atoms. The third-order valence-corrected chi connectivity index (χ3v) is 6.77. The fraction of sp³-hybridized carbons (Fsp3) is 0.208. The smallest absolute Gasteiger partial charge is 0.243 e. The van der Waals surface area contributed by atoms with E-state index in [4.69, 9.17) is 16.3 Å². The molecule has 8 heteroatoms. The van der Waals surface area contributed by atoms with Gasteiger partial charge < -0.3 is 10.1 Å². The summed E-state index contributed by atoms with van der Waals surface area (Å²) in [6.07, 6.45) is 0. The Hall–Kier alpha value is -2.87. The van der Waals surface area contributed by atoms with Crippen molar-refractivity contribution < 1.29 is 17.9 Å². The molecule has 3 aromatic carbocycles. The molecule has 0 unspecified atom stereocenters. The predicted molar refractivity (Wildman–Crippen MR) is 126 cm³/mol. The Morgan fingerprint density at radius 2 is 1.66 bits per heavy atom. The number of halogens is 1. The molecule has 0 aliphatic rings. The maximum Gasteiger partial charge on any atom is 0.243 e. The molecule has 0 aliphatic carbocycles. The van der Waals surface area contributed by atoms with E-state index in [2.05, 4.69) is 5.32 Å². The van der Waals surface area contributed by atoms with Crippen LogP contribution in [0.5, 0.6) is 5.75 Å². The van der Waals surface area contributed by atoms with Gasteiger partial charge in [-0.1, -0.05) is 53.6 Å². The minimum Gasteiger partial charge on any atom is -0.492 e. The number of hydrogen-bond acceptors (Lipinski definition) is 4. The molecular weight excluding hydrogens is 448 g/mol. The molecular formula is C24H25ClN2O4S. The molecule has 3 aromatic rings. The fourth-order valence-corrected chi connectivity index (χ4v) is 4.59. The number of rotatable bonds is 9. The van der Waals surface area contributed by atoms with Gasteiger partial charge in [0.15, 0.2) is 0 Å². The van der Waals surface area contributed by atoms with Gasteiger partial charge in [0.1, 0.15) is 5.75 Å². The Morgan fingerprint density at radius 1 is 1.00 bits per heavy atom. The van der Waals surface area contributed by atoms with Crippen LogP contribution in [0.4, 0.5) is 5.69 Å². The predicted octanol–water partition coefficient (Wildman–Crippen LogP) is 4.88. The summed E-state index contributed by atoms with van der Waals surface area (Å²) in [5, 5.41) is 3.19. The van der Waals surface area contributed by atoms with Crippen LogP contribution in [-0.4, -0.2) is 31.8 Å². The zero-order valence-corrected chi connectivity index (χ0v) is 19.5. The Bertz CT molecular complexity index is 1160. The molecule has 168 valence electrons. The van der Waals surface area contributed by atoms with Gasteiger partial charge in [-0.15, -0.1) is 0 Å². The van der Waals surface area contributed by atoms with Crippen LogP contribution in [0, 0.1) is 6.92 Å². The number of ether oxygens (including phenoxy) is 1. The molecule has 1 N–H and O–H groups in total. The van der Waals surface area contributed by atoms with E-state index in [9.17, 15) is 13.2 Å². The van der Waals surface area contributed by atoms with Crippen LogP contribution in [0.1, 0.15) is 18.1 Å². The average Bonchev–Trinajstić information content (AvgIpc) is 2.76. The molecule has 0 aliphatic heterocycles. The summed E-state index contributed by atoms with van der Waals surface area (Å²) in [5.74, 6) is 0.0517. The highest BCUT2D eigenvalue weighted by Crippen LogP contribution is 2.25. The van der Waals surface area contributed by atoms with Gasteiger partial charge in [-0.2, -0.15) is 4.31 Å². The molecule has 1 amide bonds. The molecule has 0 atom stereocenters. The molecule has 3 rings (SSSR count). The summed E-state index contributed by atoms with van der Waals surface area (Å²) in [7, 11) is -3.95. The van der Waals surface area contributed by atoms with Gasteiger partial charge in [-0.05, 0) is 55.8 Å². The number of para-hydroxylation sites is 2. The molecule has 0 heterocycles. The molecule has 0 bridgehead atoms. The summed E-state index contributed by atoms with van der Waals surface area (Å²) in [5.41, 5.74) is 2.32. The van der Waals surface area contributed by atoms with Gasteiger partial charge in [-0.3, -0.25) is 4.79 Å². The first-order valence-electron chi connectivity index (χ1n) is 10.1. The van der Waals surface area contributed by atoms with E-state index in [-0.39, 0.29) is 18.0 Å². The molecule has 6 nitrogen and oxygen atoms in total. The summed E-state index contributed by atoms with van der Waals surface area (Å²) >= 11 is 5.92. The van der Waals surface area contributed by atoms with Crippen molar-refractivity contribution in [3.8, 4) is 5.75 Å². The lowest BCUT2D eigenvalue weighted by Crippen LogP contribution is -2.37. The van der Waals surface area contributed by atoms with Crippen molar-refractivity contribution >= 4 is 33.2 Å². The number of nitrogens with one attached hydrogen (secondary N) is 1. The summed E-state index contributed by atoms with van der Waals surface area (Å²) in [6.45, 7) is 3.93. The second-order valence-corrected chi connectivity index (χ2v) is 9.56. The van der Waals surface area contributed by atoms with E-state index in [1.54, 1.807) is 24.3 Å². The van der Waals surface area contributed by atoms with E-state index in [1.165, 1.54) is 24.3 Å². The first-order valence-corrected chi connectivity index (χ1v) is 11.9. The van der Waals surface area contributed by atoms with E-state index < -0.39 is 15.9 Å². The third kappa shape index (κ3) is 6.09. The topological polar surface area (TPSA) is 75.7 Å². The lowest BCUT2D eigenvalue weighted by atomic mass is 10.1. The highest BCUT2D eigenvalue weighted by atomic mass is 35.5. The number of aryl methyl sites for hydroxylation is 1. The van der Waals surface area contributed by atoms with Crippen LogP contribution < -0.4 is 10.1 Å². The van der Waals surface area contributed by atoms with Gasteiger partial charge in [0.25, 0.3) is 0 Å². The quantitative estimate of drug-likeness (QED) is 0.481. The van der Waals surface area contributed by atoms with Gasteiger partial charge in [-0.25, -0.2) is 8.42 Å². The van der Waals surface area contributed by atoms with Crippen molar-refractivity contribution in [2.45, 2.75) is 25.3 Å². The van der Waals surface area contributed by atoms with Crippen LogP contribution in [0.3, 0.4) is 0 Å². The molecule has 32 heavy (non-hydrogen) atoms. The maximum absolute atomic E-state index is 13.4. The van der Waals surface area contributed by atoms with Gasteiger partial charge in [0.2, 0.25) is 15.9 Å². The van der Waals surface area contributed by atoms with Crippen molar-refractivity contribution in [1.82, 2.24) is 4.31 Å². The standard InChI is InChI=1S/C24H25ClN2O4S/c1-3-31-23-7-5-4-6-22(23)26-24(28)17-27(16-19-10-8-18(2)9-11-19)32(29,30)21-14-12-20(25)13-15-21/h4-15H,3,16-17H2,1-2H3,(H,26,28). The van der Waals surface area contributed by atoms with Crippen LogP contribution in [0.15, 0.2) is 77.7 Å². The van der Waals surface area contributed by atoms with Crippen molar-refractivity contribution in [1.29, 1.82) is 0 Å². The van der Waals surface area contributed by atoms with Crippen LogP contribution in [0.2, 0.25) is 5.02 Å². The van der Waals surface area contributed by atoms with Gasteiger partial charge >= 0.3 is 0 Å². The van der Waals surface area contributed by atoms with Crippen molar-refractivity contribution in [2.24, 2.45) is 0 Å². The second-order valence-electron chi connectivity index (χ2n) is 7.19. The minimum atomic E-state index is -3.95. The molecule has 0 fully saturated rings. The van der Waals surface area contributed by atoms with E-state index in [0.29, 0.717) is 23.1 Å². The van der Waals surface area contributed by atoms with Crippen molar-refractivity contribution in [2.75, 3.05) is 18.5 Å². The lowest BCUT2D eigenvalue weighted by Gasteiger charge is -2.22. The molecule has 0 aromatic heterocycles. The second kappa shape index (κ2) is 10.6. The number of carbonyl (C=O) groups excluding carboxylic acids is 1. The van der Waals surface area contributed by atoms with Crippen LogP contribution in [0.25, 0.3) is 0 Å². The largest absolute Gasteiger partial charge is 0.492 e. The third-order valence-electron chi connectivity index (χ3n) is 4.71. The zero-order chi connectivity index (χ0) is 23.1. The average molecular weight is 473 g/mol. The highest BCUT2D eigenvalue weighted by Gasteiger charge is 2.27. The lowest BCUT2D eigenvalue weighted by molar-refractivity contribution is -0.116. The van der Waals surface area contributed by atoms with Crippen molar-refractivity contribution in [3.05, 3.63) is 88.9 Å².